The SMILES string of the molecule is CSc1cc2c3c(c1)c(O)c(C(=O)O)c(=O)n3CCO2. The highest BCUT2D eigenvalue weighted by molar-refractivity contribution is 7.98. The molecule has 0 saturated heterocycles. The molecule has 104 valence electrons. The van der Waals surface area contributed by atoms with Crippen molar-refractivity contribution < 1.29 is 19.7 Å². The number of pyridine rings is 1. The molecule has 2 heterocycles. The van der Waals surface area contributed by atoms with Crippen molar-refractivity contribution in [2.45, 2.75) is 11.4 Å². The van der Waals surface area contributed by atoms with Crippen molar-refractivity contribution in [3.8, 4) is 11.5 Å². The van der Waals surface area contributed by atoms with Gasteiger partial charge in [-0.3, -0.25) is 4.79 Å². The first-order valence-electron chi connectivity index (χ1n) is 5.88. The minimum atomic E-state index is -1.43. The van der Waals surface area contributed by atoms with Crippen LogP contribution in [0, 0.1) is 0 Å². The summed E-state index contributed by atoms with van der Waals surface area (Å²) in [6.07, 6.45) is 1.86. The summed E-state index contributed by atoms with van der Waals surface area (Å²) in [5, 5.41) is 19.6. The average Bonchev–Trinajstić information content (AvgIpc) is 2.43. The molecule has 1 aromatic heterocycles. The topological polar surface area (TPSA) is 88.8 Å². The van der Waals surface area contributed by atoms with Crippen molar-refractivity contribution in [3.05, 3.63) is 28.0 Å². The van der Waals surface area contributed by atoms with Crippen LogP contribution in [0.25, 0.3) is 10.9 Å². The van der Waals surface area contributed by atoms with E-state index in [1.807, 2.05) is 6.26 Å². The number of aromatic nitrogens is 1. The smallest absolute Gasteiger partial charge is 0.345 e. The molecule has 20 heavy (non-hydrogen) atoms. The third-order valence-corrected chi connectivity index (χ3v) is 4.00. The zero-order valence-electron chi connectivity index (χ0n) is 10.5. The predicted octanol–water partition coefficient (Wildman–Crippen LogP) is 1.52. The van der Waals surface area contributed by atoms with Crippen LogP contribution in [0.3, 0.4) is 0 Å². The minimum Gasteiger partial charge on any atom is -0.506 e. The number of thioether (sulfide) groups is 1. The van der Waals surface area contributed by atoms with Gasteiger partial charge in [-0.25, -0.2) is 4.79 Å². The Hall–Kier alpha value is -2.15. The van der Waals surface area contributed by atoms with Gasteiger partial charge < -0.3 is 19.5 Å². The Morgan fingerprint density at radius 3 is 2.85 bits per heavy atom. The lowest BCUT2D eigenvalue weighted by atomic mass is 10.1. The Balaban J connectivity index is 2.54. The fourth-order valence-electron chi connectivity index (χ4n) is 2.39. The number of carbonyl (C=O) groups is 1. The Labute approximate surface area is 117 Å². The van der Waals surface area contributed by atoms with Crippen LogP contribution in [0.5, 0.6) is 11.5 Å². The van der Waals surface area contributed by atoms with Crippen LogP contribution in [0.15, 0.2) is 21.8 Å². The van der Waals surface area contributed by atoms with E-state index in [9.17, 15) is 14.7 Å². The molecule has 0 radical (unpaired) electrons. The van der Waals surface area contributed by atoms with Gasteiger partial charge in [-0.2, -0.15) is 0 Å². The highest BCUT2D eigenvalue weighted by atomic mass is 32.2. The number of carboxylic acids is 1. The van der Waals surface area contributed by atoms with Gasteiger partial charge in [0.1, 0.15) is 18.1 Å². The molecule has 0 atom stereocenters. The summed E-state index contributed by atoms with van der Waals surface area (Å²) >= 11 is 1.44. The van der Waals surface area contributed by atoms with Crippen molar-refractivity contribution >= 4 is 28.6 Å². The van der Waals surface area contributed by atoms with Gasteiger partial charge in [0.25, 0.3) is 5.56 Å². The zero-order valence-corrected chi connectivity index (χ0v) is 11.4. The predicted molar refractivity (Wildman–Crippen MR) is 74.1 cm³/mol. The summed E-state index contributed by atoms with van der Waals surface area (Å²) in [5.41, 5.74) is -0.853. The van der Waals surface area contributed by atoms with E-state index in [4.69, 9.17) is 9.84 Å². The lowest BCUT2D eigenvalue weighted by Gasteiger charge is -2.22. The van der Waals surface area contributed by atoms with Crippen molar-refractivity contribution in [1.82, 2.24) is 4.57 Å². The summed E-state index contributed by atoms with van der Waals surface area (Å²) in [6.45, 7) is 0.561. The number of aromatic carboxylic acids is 1. The standard InChI is InChI=1S/C13H11NO5S/c1-20-6-4-7-10-8(5-6)19-3-2-14(10)12(16)9(11(7)15)13(17)18/h4-5,15H,2-3H2,1H3,(H,17,18). The summed E-state index contributed by atoms with van der Waals surface area (Å²) in [7, 11) is 0. The molecule has 1 aliphatic heterocycles. The molecular formula is C13H11NO5S. The van der Waals surface area contributed by atoms with E-state index in [1.165, 1.54) is 16.3 Å². The van der Waals surface area contributed by atoms with Crippen LogP contribution in [0.4, 0.5) is 0 Å². The molecule has 0 saturated carbocycles. The van der Waals surface area contributed by atoms with E-state index in [-0.39, 0.29) is 6.54 Å². The van der Waals surface area contributed by atoms with Gasteiger partial charge in [0.05, 0.1) is 12.1 Å². The van der Waals surface area contributed by atoms with E-state index in [2.05, 4.69) is 0 Å². The highest BCUT2D eigenvalue weighted by Crippen LogP contribution is 2.37. The third-order valence-electron chi connectivity index (χ3n) is 3.29. The monoisotopic (exact) mass is 293 g/mol. The van der Waals surface area contributed by atoms with E-state index in [0.717, 1.165) is 4.90 Å². The van der Waals surface area contributed by atoms with Gasteiger partial charge in [-0.1, -0.05) is 0 Å². The van der Waals surface area contributed by atoms with Crippen LogP contribution in [0.1, 0.15) is 10.4 Å². The first kappa shape index (κ1) is 12.9. The number of carboxylic acid groups (broad SMARTS) is 1. The first-order chi connectivity index (χ1) is 9.54. The van der Waals surface area contributed by atoms with Crippen molar-refractivity contribution in [1.29, 1.82) is 0 Å². The summed E-state index contributed by atoms with van der Waals surface area (Å²) in [5.74, 6) is -1.44. The van der Waals surface area contributed by atoms with Crippen molar-refractivity contribution in [2.24, 2.45) is 0 Å². The van der Waals surface area contributed by atoms with E-state index >= 15 is 0 Å². The number of hydrogen-bond donors (Lipinski definition) is 2. The van der Waals surface area contributed by atoms with E-state index < -0.39 is 22.8 Å². The molecule has 7 heteroatoms. The molecule has 0 spiro atoms. The maximum atomic E-state index is 12.2. The van der Waals surface area contributed by atoms with E-state index in [0.29, 0.717) is 23.3 Å². The van der Waals surface area contributed by atoms with Gasteiger partial charge in [0.15, 0.2) is 5.56 Å². The number of aromatic hydroxyl groups is 1. The van der Waals surface area contributed by atoms with Crippen LogP contribution < -0.4 is 10.3 Å². The molecule has 0 amide bonds. The van der Waals surface area contributed by atoms with Gasteiger partial charge in [0.2, 0.25) is 0 Å². The van der Waals surface area contributed by atoms with Gasteiger partial charge in [0, 0.05) is 10.3 Å². The molecule has 3 rings (SSSR count). The van der Waals surface area contributed by atoms with Crippen molar-refractivity contribution in [2.75, 3.05) is 12.9 Å². The number of hydrogen-bond acceptors (Lipinski definition) is 5. The zero-order chi connectivity index (χ0) is 14.4. The summed E-state index contributed by atoms with van der Waals surface area (Å²) in [4.78, 5) is 24.2. The second-order valence-electron chi connectivity index (χ2n) is 4.36. The number of rotatable bonds is 2. The fraction of sp³-hybridized carbons (Fsp3) is 0.231. The Kier molecular flexibility index (Phi) is 2.86. The number of nitrogens with zero attached hydrogens (tertiary/aromatic N) is 1. The van der Waals surface area contributed by atoms with Crippen LogP contribution >= 0.6 is 11.8 Å². The molecule has 0 fully saturated rings. The van der Waals surface area contributed by atoms with Crippen molar-refractivity contribution in [3.63, 3.8) is 0 Å². The second kappa shape index (κ2) is 4.45. The molecule has 0 unspecified atom stereocenters. The molecule has 2 N–H and O–H groups in total. The lowest BCUT2D eigenvalue weighted by Crippen LogP contribution is -2.31. The normalized spacial score (nSPS) is 13.2. The molecule has 0 bridgehead atoms. The second-order valence-corrected chi connectivity index (χ2v) is 5.24. The Morgan fingerprint density at radius 2 is 2.20 bits per heavy atom. The molecule has 1 aromatic carbocycles. The van der Waals surface area contributed by atoms with E-state index in [1.54, 1.807) is 12.1 Å². The van der Waals surface area contributed by atoms with Gasteiger partial charge in [-0.15, -0.1) is 11.8 Å². The maximum absolute atomic E-state index is 12.2. The molecule has 6 nitrogen and oxygen atoms in total. The van der Waals surface area contributed by atoms with Crippen LogP contribution in [0.2, 0.25) is 0 Å². The van der Waals surface area contributed by atoms with Gasteiger partial charge in [-0.05, 0) is 18.4 Å². The Bertz CT molecular complexity index is 796. The van der Waals surface area contributed by atoms with Crippen LogP contribution in [-0.4, -0.2) is 33.6 Å². The first-order valence-corrected chi connectivity index (χ1v) is 7.10. The largest absolute Gasteiger partial charge is 0.506 e. The summed E-state index contributed by atoms with van der Waals surface area (Å²) < 4.78 is 6.87. The average molecular weight is 293 g/mol. The van der Waals surface area contributed by atoms with Crippen LogP contribution in [-0.2, 0) is 6.54 Å². The minimum absolute atomic E-state index is 0.265. The highest BCUT2D eigenvalue weighted by Gasteiger charge is 2.26. The number of ether oxygens (including phenoxy) is 1. The lowest BCUT2D eigenvalue weighted by molar-refractivity contribution is 0.0691. The van der Waals surface area contributed by atoms with Gasteiger partial charge >= 0.3 is 5.97 Å². The molecule has 0 aliphatic carbocycles. The third kappa shape index (κ3) is 1.66. The molecule has 1 aliphatic rings. The fourth-order valence-corrected chi connectivity index (χ4v) is 2.86. The molecular weight excluding hydrogens is 282 g/mol. The molecule has 2 aromatic rings. The number of benzene rings is 1. The maximum Gasteiger partial charge on any atom is 0.345 e. The summed E-state index contributed by atoms with van der Waals surface area (Å²) in [6, 6.07) is 3.44. The quantitative estimate of drug-likeness (QED) is 0.816. The Morgan fingerprint density at radius 1 is 1.45 bits per heavy atom.